The summed E-state index contributed by atoms with van der Waals surface area (Å²) in [7, 11) is 0. The highest BCUT2D eigenvalue weighted by molar-refractivity contribution is 4.94. The predicted octanol–water partition coefficient (Wildman–Crippen LogP) is 3.18. The number of ether oxygens (including phenoxy) is 3. The van der Waals surface area contributed by atoms with Crippen molar-refractivity contribution < 1.29 is 19.3 Å². The Morgan fingerprint density at radius 3 is 2.82 bits per heavy atom. The van der Waals surface area contributed by atoms with E-state index in [0.717, 1.165) is 58.0 Å². The summed E-state index contributed by atoms with van der Waals surface area (Å²) in [6.45, 7) is 6.79. The summed E-state index contributed by atoms with van der Waals surface area (Å²) in [5.74, 6) is 0.138. The molecule has 4 heteroatoms. The highest BCUT2D eigenvalue weighted by Gasteiger charge is 2.51. The van der Waals surface area contributed by atoms with Gasteiger partial charge < -0.3 is 19.3 Å². The Labute approximate surface area is 133 Å². The fourth-order valence-corrected chi connectivity index (χ4v) is 3.88. The molecule has 0 saturated carbocycles. The van der Waals surface area contributed by atoms with Crippen LogP contribution in [0.15, 0.2) is 12.7 Å². The number of epoxide rings is 1. The highest BCUT2D eigenvalue weighted by atomic mass is 16.7. The molecule has 0 amide bonds. The zero-order valence-electron chi connectivity index (χ0n) is 13.7. The Morgan fingerprint density at radius 2 is 2.09 bits per heavy atom. The second kappa shape index (κ2) is 7.00. The molecule has 3 aliphatic rings. The van der Waals surface area contributed by atoms with Crippen molar-refractivity contribution >= 4 is 0 Å². The molecule has 0 bridgehead atoms. The highest BCUT2D eigenvalue weighted by Crippen LogP contribution is 2.45. The summed E-state index contributed by atoms with van der Waals surface area (Å²) in [5.41, 5.74) is 0. The van der Waals surface area contributed by atoms with Gasteiger partial charge in [0, 0.05) is 12.8 Å². The van der Waals surface area contributed by atoms with Gasteiger partial charge in [-0.15, -0.1) is 6.58 Å². The van der Waals surface area contributed by atoms with E-state index >= 15 is 0 Å². The first kappa shape index (κ1) is 16.4. The van der Waals surface area contributed by atoms with E-state index in [9.17, 15) is 5.11 Å². The Balaban J connectivity index is 1.47. The summed E-state index contributed by atoms with van der Waals surface area (Å²) in [4.78, 5) is 0. The normalized spacial score (nSPS) is 42.5. The van der Waals surface area contributed by atoms with Crippen LogP contribution in [-0.2, 0) is 14.2 Å². The smallest absolute Gasteiger partial charge is 0.169 e. The van der Waals surface area contributed by atoms with Crippen LogP contribution in [0.1, 0.15) is 58.3 Å². The molecule has 126 valence electrons. The summed E-state index contributed by atoms with van der Waals surface area (Å²) < 4.78 is 18.0. The molecule has 3 aliphatic heterocycles. The van der Waals surface area contributed by atoms with E-state index in [1.165, 1.54) is 0 Å². The number of hydrogen-bond donors (Lipinski definition) is 1. The lowest BCUT2D eigenvalue weighted by Crippen LogP contribution is -2.46. The van der Waals surface area contributed by atoms with Gasteiger partial charge in [-0.25, -0.2) is 0 Å². The van der Waals surface area contributed by atoms with Gasteiger partial charge in [0.25, 0.3) is 0 Å². The number of rotatable bonds is 7. The van der Waals surface area contributed by atoms with Gasteiger partial charge in [-0.1, -0.05) is 13.0 Å². The van der Waals surface area contributed by atoms with E-state index in [2.05, 4.69) is 13.5 Å². The van der Waals surface area contributed by atoms with Gasteiger partial charge in [-0.05, 0) is 44.4 Å². The molecule has 0 aliphatic carbocycles. The van der Waals surface area contributed by atoms with Crippen molar-refractivity contribution in [2.24, 2.45) is 5.92 Å². The van der Waals surface area contributed by atoms with E-state index in [1.807, 2.05) is 6.08 Å². The van der Waals surface area contributed by atoms with Crippen molar-refractivity contribution in [3.8, 4) is 0 Å². The van der Waals surface area contributed by atoms with Crippen molar-refractivity contribution in [3.63, 3.8) is 0 Å². The maximum Gasteiger partial charge on any atom is 0.169 e. The number of hydrogen-bond acceptors (Lipinski definition) is 4. The third-order valence-electron chi connectivity index (χ3n) is 5.33. The molecule has 6 atom stereocenters. The SMILES string of the molecule is C=CCCC[C@H](O)C[C@@H]1CC[C@@]2(CC[C@@H](C)[C@H]([C@@H]3CO3)O2)O1. The van der Waals surface area contributed by atoms with Crippen LogP contribution in [0.2, 0.25) is 0 Å². The Kier molecular flexibility index (Phi) is 5.23. The molecule has 3 saturated heterocycles. The van der Waals surface area contributed by atoms with Crippen LogP contribution in [0.4, 0.5) is 0 Å². The van der Waals surface area contributed by atoms with E-state index < -0.39 is 5.79 Å². The topological polar surface area (TPSA) is 51.2 Å². The van der Waals surface area contributed by atoms with E-state index in [4.69, 9.17) is 14.2 Å². The lowest BCUT2D eigenvalue weighted by Gasteiger charge is -2.41. The average molecular weight is 310 g/mol. The van der Waals surface area contributed by atoms with Crippen LogP contribution < -0.4 is 0 Å². The lowest BCUT2D eigenvalue weighted by atomic mass is 9.89. The quantitative estimate of drug-likeness (QED) is 0.446. The predicted molar refractivity (Wildman–Crippen MR) is 84.5 cm³/mol. The second-order valence-corrected chi connectivity index (χ2v) is 7.27. The van der Waals surface area contributed by atoms with Gasteiger partial charge in [-0.2, -0.15) is 0 Å². The van der Waals surface area contributed by atoms with Crippen molar-refractivity contribution in [3.05, 3.63) is 12.7 Å². The fraction of sp³-hybridized carbons (Fsp3) is 0.889. The van der Waals surface area contributed by atoms with E-state index in [1.54, 1.807) is 0 Å². The molecule has 0 aromatic heterocycles. The number of allylic oxidation sites excluding steroid dienone is 1. The summed E-state index contributed by atoms with van der Waals surface area (Å²) in [6, 6.07) is 0. The van der Waals surface area contributed by atoms with Gasteiger partial charge >= 0.3 is 0 Å². The van der Waals surface area contributed by atoms with Gasteiger partial charge in [0.15, 0.2) is 5.79 Å². The van der Waals surface area contributed by atoms with E-state index in [-0.39, 0.29) is 24.4 Å². The largest absolute Gasteiger partial charge is 0.393 e. The monoisotopic (exact) mass is 310 g/mol. The Morgan fingerprint density at radius 1 is 1.32 bits per heavy atom. The first-order valence-corrected chi connectivity index (χ1v) is 8.88. The molecule has 3 fully saturated rings. The molecule has 0 aromatic rings. The minimum atomic E-state index is -0.408. The number of unbranched alkanes of at least 4 members (excludes halogenated alkanes) is 1. The Hall–Kier alpha value is -0.420. The summed E-state index contributed by atoms with van der Waals surface area (Å²) in [6.07, 6.45) is 9.80. The molecular weight excluding hydrogens is 280 g/mol. The van der Waals surface area contributed by atoms with Gasteiger partial charge in [0.1, 0.15) is 6.10 Å². The zero-order valence-corrected chi connectivity index (χ0v) is 13.7. The van der Waals surface area contributed by atoms with Crippen LogP contribution in [0.25, 0.3) is 0 Å². The minimum Gasteiger partial charge on any atom is -0.393 e. The van der Waals surface area contributed by atoms with Crippen molar-refractivity contribution in [2.45, 2.75) is 88.5 Å². The third kappa shape index (κ3) is 3.91. The molecule has 1 spiro atoms. The first-order chi connectivity index (χ1) is 10.6. The van der Waals surface area contributed by atoms with Crippen LogP contribution >= 0.6 is 0 Å². The molecule has 1 N–H and O–H groups in total. The molecule has 4 nitrogen and oxygen atoms in total. The Bertz CT molecular complexity index is 381. The summed E-state index contributed by atoms with van der Waals surface area (Å²) in [5, 5.41) is 10.1. The first-order valence-electron chi connectivity index (χ1n) is 8.88. The molecule has 22 heavy (non-hydrogen) atoms. The molecule has 3 rings (SSSR count). The molecule has 0 radical (unpaired) electrons. The van der Waals surface area contributed by atoms with Crippen LogP contribution in [0.5, 0.6) is 0 Å². The van der Waals surface area contributed by atoms with Crippen LogP contribution in [-0.4, -0.2) is 41.9 Å². The molecule has 3 heterocycles. The maximum absolute atomic E-state index is 10.1. The van der Waals surface area contributed by atoms with Crippen molar-refractivity contribution in [1.82, 2.24) is 0 Å². The van der Waals surface area contributed by atoms with Crippen molar-refractivity contribution in [1.29, 1.82) is 0 Å². The number of aliphatic hydroxyl groups is 1. The molecular formula is C18H30O4. The van der Waals surface area contributed by atoms with Gasteiger partial charge in [0.05, 0.1) is 24.9 Å². The van der Waals surface area contributed by atoms with Crippen molar-refractivity contribution in [2.75, 3.05) is 6.61 Å². The number of aliphatic hydroxyl groups excluding tert-OH is 1. The fourth-order valence-electron chi connectivity index (χ4n) is 3.88. The van der Waals surface area contributed by atoms with Crippen LogP contribution in [0, 0.1) is 5.92 Å². The second-order valence-electron chi connectivity index (χ2n) is 7.27. The minimum absolute atomic E-state index is 0.132. The zero-order chi connectivity index (χ0) is 15.6. The standard InChI is InChI=1S/C18H30O4/c1-3-4-5-6-14(19)11-15-8-10-18(21-15)9-7-13(2)17(22-18)16-12-20-16/h3,13-17,19H,1,4-12H2,2H3/t13-,14+,15+,16+,17-,18+/m1/s1. The van der Waals surface area contributed by atoms with Gasteiger partial charge in [-0.3, -0.25) is 0 Å². The lowest BCUT2D eigenvalue weighted by molar-refractivity contribution is -0.285. The van der Waals surface area contributed by atoms with E-state index in [0.29, 0.717) is 5.92 Å². The average Bonchev–Trinajstić information content (AvgIpc) is 3.27. The molecule has 0 aromatic carbocycles. The maximum atomic E-state index is 10.1. The summed E-state index contributed by atoms with van der Waals surface area (Å²) >= 11 is 0. The van der Waals surface area contributed by atoms with Gasteiger partial charge in [0.2, 0.25) is 0 Å². The van der Waals surface area contributed by atoms with Crippen LogP contribution in [0.3, 0.4) is 0 Å². The third-order valence-corrected chi connectivity index (χ3v) is 5.33. The molecule has 0 unspecified atom stereocenters.